The van der Waals surface area contributed by atoms with E-state index in [1.54, 1.807) is 7.11 Å². The van der Waals surface area contributed by atoms with Crippen molar-refractivity contribution in [1.82, 2.24) is 5.32 Å². The van der Waals surface area contributed by atoms with Crippen LogP contribution in [0.3, 0.4) is 0 Å². The molecule has 0 aromatic heterocycles. The summed E-state index contributed by atoms with van der Waals surface area (Å²) in [5, 5.41) is 3.54. The molecule has 0 radical (unpaired) electrons. The number of halogens is 1. The molecular formula is C18H22FNO. The first-order chi connectivity index (χ1) is 10.1. The lowest BCUT2D eigenvalue weighted by molar-refractivity contribution is 0.414. The fraction of sp³-hybridized carbons (Fsp3) is 0.333. The first-order valence-corrected chi connectivity index (χ1v) is 7.23. The summed E-state index contributed by atoms with van der Waals surface area (Å²) in [5.74, 6) is 0.677. The van der Waals surface area contributed by atoms with Gasteiger partial charge in [0.1, 0.15) is 11.6 Å². The minimum absolute atomic E-state index is 0.193. The monoisotopic (exact) mass is 287 g/mol. The number of nitrogens with one attached hydrogen (secondary N) is 1. The predicted molar refractivity (Wildman–Crippen MR) is 84.1 cm³/mol. The zero-order valence-corrected chi connectivity index (χ0v) is 12.8. The Balaban J connectivity index is 1.91. The van der Waals surface area contributed by atoms with Crippen LogP contribution in [0, 0.1) is 5.82 Å². The van der Waals surface area contributed by atoms with Crippen molar-refractivity contribution in [3.8, 4) is 5.75 Å². The minimum Gasteiger partial charge on any atom is -0.497 e. The van der Waals surface area contributed by atoms with Crippen LogP contribution < -0.4 is 10.1 Å². The summed E-state index contributed by atoms with van der Waals surface area (Å²) in [6.45, 7) is 4.25. The van der Waals surface area contributed by atoms with Crippen molar-refractivity contribution >= 4 is 0 Å². The molecule has 0 aliphatic heterocycles. The van der Waals surface area contributed by atoms with Gasteiger partial charge in [-0.25, -0.2) is 4.39 Å². The van der Waals surface area contributed by atoms with Crippen LogP contribution >= 0.6 is 0 Å². The van der Waals surface area contributed by atoms with Crippen molar-refractivity contribution in [2.24, 2.45) is 0 Å². The number of rotatable bonds is 6. The molecule has 1 unspecified atom stereocenters. The summed E-state index contributed by atoms with van der Waals surface area (Å²) in [6.07, 6.45) is 0.940. The summed E-state index contributed by atoms with van der Waals surface area (Å²) in [5.41, 5.74) is 2.36. The summed E-state index contributed by atoms with van der Waals surface area (Å²) >= 11 is 0. The Morgan fingerprint density at radius 1 is 1.00 bits per heavy atom. The zero-order chi connectivity index (χ0) is 15.2. The molecule has 0 bridgehead atoms. The lowest BCUT2D eigenvalue weighted by Crippen LogP contribution is -2.30. The molecule has 0 saturated heterocycles. The van der Waals surface area contributed by atoms with Crippen molar-refractivity contribution in [1.29, 1.82) is 0 Å². The van der Waals surface area contributed by atoms with Gasteiger partial charge in [0.2, 0.25) is 0 Å². The third-order valence-electron chi connectivity index (χ3n) is 3.61. The maximum Gasteiger partial charge on any atom is 0.123 e. The van der Waals surface area contributed by atoms with E-state index in [1.807, 2.05) is 24.3 Å². The van der Waals surface area contributed by atoms with Crippen molar-refractivity contribution in [2.45, 2.75) is 32.4 Å². The van der Waals surface area contributed by atoms with Crippen LogP contribution in [0.15, 0.2) is 48.5 Å². The van der Waals surface area contributed by atoms with Crippen LogP contribution in [0.4, 0.5) is 4.39 Å². The van der Waals surface area contributed by atoms with E-state index in [1.165, 1.54) is 17.7 Å². The lowest BCUT2D eigenvalue weighted by atomic mass is 10.0. The Hall–Kier alpha value is -1.87. The van der Waals surface area contributed by atoms with E-state index in [-0.39, 0.29) is 11.9 Å². The average Bonchev–Trinajstić information content (AvgIpc) is 2.48. The van der Waals surface area contributed by atoms with E-state index in [0.717, 1.165) is 17.7 Å². The summed E-state index contributed by atoms with van der Waals surface area (Å²) in [7, 11) is 1.67. The molecule has 2 rings (SSSR count). The second kappa shape index (κ2) is 7.23. The van der Waals surface area contributed by atoms with Crippen LogP contribution in [-0.4, -0.2) is 13.2 Å². The fourth-order valence-corrected chi connectivity index (χ4v) is 2.45. The van der Waals surface area contributed by atoms with Gasteiger partial charge in [0.25, 0.3) is 0 Å². The molecule has 2 aromatic rings. The first kappa shape index (κ1) is 15.5. The SMILES string of the molecule is COc1ccc(CC(C)N[C@@H](C)c2ccc(F)cc2)cc1. The van der Waals surface area contributed by atoms with Crippen molar-refractivity contribution in [2.75, 3.05) is 7.11 Å². The highest BCUT2D eigenvalue weighted by Gasteiger charge is 2.10. The molecule has 2 atom stereocenters. The van der Waals surface area contributed by atoms with Crippen molar-refractivity contribution in [3.63, 3.8) is 0 Å². The molecule has 1 N–H and O–H groups in total. The fourth-order valence-electron chi connectivity index (χ4n) is 2.45. The first-order valence-electron chi connectivity index (χ1n) is 7.23. The number of methoxy groups -OCH3 is 1. The maximum absolute atomic E-state index is 12.9. The molecule has 112 valence electrons. The molecule has 3 heteroatoms. The Labute approximate surface area is 126 Å². The minimum atomic E-state index is -0.197. The highest BCUT2D eigenvalue weighted by Crippen LogP contribution is 2.16. The Morgan fingerprint density at radius 2 is 1.62 bits per heavy atom. The van der Waals surface area contributed by atoms with Gasteiger partial charge in [0.15, 0.2) is 0 Å². The number of hydrogen-bond acceptors (Lipinski definition) is 2. The third-order valence-corrected chi connectivity index (χ3v) is 3.61. The van der Waals surface area contributed by atoms with Crippen molar-refractivity contribution < 1.29 is 9.13 Å². The quantitative estimate of drug-likeness (QED) is 0.863. The van der Waals surface area contributed by atoms with Gasteiger partial charge < -0.3 is 10.1 Å². The molecule has 0 saturated carbocycles. The van der Waals surface area contributed by atoms with Gasteiger partial charge in [-0.3, -0.25) is 0 Å². The molecule has 0 spiro atoms. The van der Waals surface area contributed by atoms with Gasteiger partial charge in [-0.15, -0.1) is 0 Å². The molecule has 21 heavy (non-hydrogen) atoms. The normalized spacial score (nSPS) is 13.7. The van der Waals surface area contributed by atoms with E-state index in [2.05, 4.69) is 31.3 Å². The highest BCUT2D eigenvalue weighted by molar-refractivity contribution is 5.27. The molecule has 0 amide bonds. The molecule has 0 aliphatic carbocycles. The number of ether oxygens (including phenoxy) is 1. The summed E-state index contributed by atoms with van der Waals surface area (Å²) in [4.78, 5) is 0. The van der Waals surface area contributed by atoms with Gasteiger partial charge in [0.05, 0.1) is 7.11 Å². The van der Waals surface area contributed by atoms with Crippen molar-refractivity contribution in [3.05, 3.63) is 65.5 Å². The Morgan fingerprint density at radius 3 is 2.19 bits per heavy atom. The summed E-state index contributed by atoms with van der Waals surface area (Å²) in [6, 6.07) is 15.3. The van der Waals surface area contributed by atoms with Crippen LogP contribution in [0.5, 0.6) is 5.75 Å². The predicted octanol–water partition coefficient (Wildman–Crippen LogP) is 4.12. The van der Waals surface area contributed by atoms with Crippen LogP contribution in [0.1, 0.15) is 31.0 Å². The second-order valence-electron chi connectivity index (χ2n) is 5.39. The standard InChI is InChI=1S/C18H22FNO/c1-13(12-15-4-10-18(21-3)11-5-15)20-14(2)16-6-8-17(19)9-7-16/h4-11,13-14,20H,12H2,1-3H3/t13?,14-/m0/s1. The number of benzene rings is 2. The lowest BCUT2D eigenvalue weighted by Gasteiger charge is -2.20. The topological polar surface area (TPSA) is 21.3 Å². The van der Waals surface area contributed by atoms with Crippen LogP contribution in [0.2, 0.25) is 0 Å². The van der Waals surface area contributed by atoms with Gasteiger partial charge >= 0.3 is 0 Å². The van der Waals surface area contributed by atoms with Crippen LogP contribution in [-0.2, 0) is 6.42 Å². The maximum atomic E-state index is 12.9. The van der Waals surface area contributed by atoms with Gasteiger partial charge in [-0.1, -0.05) is 24.3 Å². The molecule has 2 nitrogen and oxygen atoms in total. The third kappa shape index (κ3) is 4.57. The smallest absolute Gasteiger partial charge is 0.123 e. The largest absolute Gasteiger partial charge is 0.497 e. The van der Waals surface area contributed by atoms with E-state index in [0.29, 0.717) is 6.04 Å². The average molecular weight is 287 g/mol. The van der Waals surface area contributed by atoms with Gasteiger partial charge in [-0.2, -0.15) is 0 Å². The Bertz CT molecular complexity index is 550. The van der Waals surface area contributed by atoms with E-state index in [9.17, 15) is 4.39 Å². The van der Waals surface area contributed by atoms with E-state index in [4.69, 9.17) is 4.74 Å². The number of hydrogen-bond donors (Lipinski definition) is 1. The van der Waals surface area contributed by atoms with Gasteiger partial charge in [0, 0.05) is 12.1 Å². The Kier molecular flexibility index (Phi) is 5.34. The molecule has 0 fully saturated rings. The van der Waals surface area contributed by atoms with E-state index >= 15 is 0 Å². The molecule has 0 aliphatic rings. The molecule has 2 aromatic carbocycles. The highest BCUT2D eigenvalue weighted by atomic mass is 19.1. The van der Waals surface area contributed by atoms with Gasteiger partial charge in [-0.05, 0) is 55.7 Å². The molecule has 0 heterocycles. The van der Waals surface area contributed by atoms with E-state index < -0.39 is 0 Å². The zero-order valence-electron chi connectivity index (χ0n) is 12.8. The molecular weight excluding hydrogens is 265 g/mol. The summed E-state index contributed by atoms with van der Waals surface area (Å²) < 4.78 is 18.1. The second-order valence-corrected chi connectivity index (χ2v) is 5.39. The van der Waals surface area contributed by atoms with Crippen LogP contribution in [0.25, 0.3) is 0 Å².